The Morgan fingerprint density at radius 2 is 1.94 bits per heavy atom. The van der Waals surface area contributed by atoms with Crippen molar-refractivity contribution in [1.29, 1.82) is 0 Å². The first-order chi connectivity index (χ1) is 15.1. The highest BCUT2D eigenvalue weighted by atomic mass is 16.2. The van der Waals surface area contributed by atoms with Crippen LogP contribution in [0.25, 0.3) is 11.0 Å². The number of nitrogens with zero attached hydrogens (tertiary/aromatic N) is 2. The molecule has 2 aromatic carbocycles. The molecule has 1 unspecified atom stereocenters. The number of aryl methyl sites for hydroxylation is 1. The summed E-state index contributed by atoms with van der Waals surface area (Å²) in [5, 5.41) is 5.65. The van der Waals surface area contributed by atoms with Crippen LogP contribution in [-0.2, 0) is 28.0 Å². The maximum absolute atomic E-state index is 13.2. The van der Waals surface area contributed by atoms with Crippen LogP contribution in [0.5, 0.6) is 0 Å². The Bertz CT molecular complexity index is 1150. The quantitative estimate of drug-likeness (QED) is 0.552. The van der Waals surface area contributed by atoms with Crippen LogP contribution in [0.1, 0.15) is 29.8 Å². The third-order valence-corrected chi connectivity index (χ3v) is 6.07. The monoisotopic (exact) mass is 417 g/mol. The van der Waals surface area contributed by atoms with Crippen molar-refractivity contribution in [3.63, 3.8) is 0 Å². The standard InChI is InChI=1S/C23H23N5O3/c29-20(24-13-11-19-25-17-9-3-4-10-18(17)26-19)14-28-21(30)23(27-22(28)31)12-5-7-15-6-1-2-8-16(15)23/h1-4,6,8-10H,5,7,11-14H2,(H,24,29)(H,25,26)(H,27,31). The first kappa shape index (κ1) is 19.3. The van der Waals surface area contributed by atoms with Gasteiger partial charge in [0.2, 0.25) is 5.91 Å². The van der Waals surface area contributed by atoms with Crippen LogP contribution in [0.3, 0.4) is 0 Å². The van der Waals surface area contributed by atoms with Gasteiger partial charge in [-0.2, -0.15) is 0 Å². The minimum absolute atomic E-state index is 0.297. The maximum atomic E-state index is 13.2. The van der Waals surface area contributed by atoms with Gasteiger partial charge in [-0.1, -0.05) is 36.4 Å². The number of aromatic nitrogens is 2. The zero-order chi connectivity index (χ0) is 21.4. The van der Waals surface area contributed by atoms with Crippen LogP contribution >= 0.6 is 0 Å². The first-order valence-electron chi connectivity index (χ1n) is 10.5. The number of amides is 4. The fraction of sp³-hybridized carbons (Fsp3) is 0.304. The molecule has 1 spiro atoms. The summed E-state index contributed by atoms with van der Waals surface area (Å²) < 4.78 is 0. The topological polar surface area (TPSA) is 107 Å². The zero-order valence-corrected chi connectivity index (χ0v) is 17.0. The largest absolute Gasteiger partial charge is 0.354 e. The highest BCUT2D eigenvalue weighted by Crippen LogP contribution is 2.39. The number of hydrogen-bond acceptors (Lipinski definition) is 4. The van der Waals surface area contributed by atoms with E-state index < -0.39 is 11.6 Å². The van der Waals surface area contributed by atoms with Crippen LogP contribution in [0, 0.1) is 0 Å². The number of para-hydroxylation sites is 2. The molecule has 0 saturated carbocycles. The van der Waals surface area contributed by atoms with Gasteiger partial charge < -0.3 is 15.6 Å². The molecule has 3 aromatic rings. The lowest BCUT2D eigenvalue weighted by molar-refractivity contribution is -0.135. The number of imide groups is 1. The molecule has 4 amide bonds. The highest BCUT2D eigenvalue weighted by molar-refractivity contribution is 6.09. The van der Waals surface area contributed by atoms with Crippen molar-refractivity contribution in [2.75, 3.05) is 13.1 Å². The van der Waals surface area contributed by atoms with Crippen molar-refractivity contribution in [3.05, 3.63) is 65.5 Å². The second-order valence-corrected chi connectivity index (χ2v) is 8.04. The van der Waals surface area contributed by atoms with E-state index in [1.807, 2.05) is 48.5 Å². The SMILES string of the molecule is O=C(CN1C(=O)NC2(CCCc3ccccc32)C1=O)NCCc1nc2ccccc2[nH]1. The number of nitrogens with one attached hydrogen (secondary N) is 3. The van der Waals surface area contributed by atoms with Crippen molar-refractivity contribution in [2.24, 2.45) is 0 Å². The van der Waals surface area contributed by atoms with Crippen molar-refractivity contribution in [3.8, 4) is 0 Å². The molecule has 1 aliphatic heterocycles. The van der Waals surface area contributed by atoms with Crippen molar-refractivity contribution >= 4 is 28.9 Å². The minimum atomic E-state index is -1.06. The van der Waals surface area contributed by atoms with Crippen LogP contribution < -0.4 is 10.6 Å². The lowest BCUT2D eigenvalue weighted by Gasteiger charge is -2.33. The Labute approximate surface area is 179 Å². The van der Waals surface area contributed by atoms with Crippen LogP contribution in [0.4, 0.5) is 4.79 Å². The second-order valence-electron chi connectivity index (χ2n) is 8.04. The fourth-order valence-electron chi connectivity index (χ4n) is 4.60. The van der Waals surface area contributed by atoms with Crippen LogP contribution in [-0.4, -0.2) is 45.8 Å². The Hall–Kier alpha value is -3.68. The molecular formula is C23H23N5O3. The summed E-state index contributed by atoms with van der Waals surface area (Å²) in [5.41, 5.74) is 2.68. The van der Waals surface area contributed by atoms with Crippen molar-refractivity contribution in [2.45, 2.75) is 31.2 Å². The number of H-pyrrole nitrogens is 1. The van der Waals surface area contributed by atoms with E-state index in [1.165, 1.54) is 0 Å². The first-order valence-corrected chi connectivity index (χ1v) is 10.5. The molecule has 8 heteroatoms. The molecule has 8 nitrogen and oxygen atoms in total. The third kappa shape index (κ3) is 3.34. The Morgan fingerprint density at radius 3 is 2.81 bits per heavy atom. The number of carbonyl (C=O) groups is 3. The average Bonchev–Trinajstić information content (AvgIpc) is 3.29. The molecule has 0 bridgehead atoms. The minimum Gasteiger partial charge on any atom is -0.354 e. The molecule has 1 aliphatic carbocycles. The number of rotatable bonds is 5. The molecule has 3 N–H and O–H groups in total. The van der Waals surface area contributed by atoms with Gasteiger partial charge in [0.15, 0.2) is 0 Å². The molecule has 31 heavy (non-hydrogen) atoms. The number of fused-ring (bicyclic) bond motifs is 3. The normalized spacial score (nSPS) is 20.2. The Kier molecular flexibility index (Phi) is 4.69. The number of imidazole rings is 1. The van der Waals surface area contributed by atoms with E-state index in [1.54, 1.807) is 0 Å². The van der Waals surface area contributed by atoms with E-state index in [0.29, 0.717) is 19.4 Å². The van der Waals surface area contributed by atoms with Gasteiger partial charge in [-0.25, -0.2) is 9.78 Å². The van der Waals surface area contributed by atoms with Crippen LogP contribution in [0.2, 0.25) is 0 Å². The zero-order valence-electron chi connectivity index (χ0n) is 17.0. The predicted molar refractivity (Wildman–Crippen MR) is 114 cm³/mol. The second kappa shape index (κ2) is 7.54. The van der Waals surface area contributed by atoms with Crippen LogP contribution in [0.15, 0.2) is 48.5 Å². The highest BCUT2D eigenvalue weighted by Gasteiger charge is 2.54. The Morgan fingerprint density at radius 1 is 1.13 bits per heavy atom. The van der Waals surface area contributed by atoms with Gasteiger partial charge in [0.1, 0.15) is 17.9 Å². The molecule has 2 heterocycles. The van der Waals surface area contributed by atoms with Crippen molar-refractivity contribution in [1.82, 2.24) is 25.5 Å². The number of benzene rings is 2. The molecule has 1 saturated heterocycles. The van der Waals surface area contributed by atoms with E-state index in [4.69, 9.17) is 0 Å². The summed E-state index contributed by atoms with van der Waals surface area (Å²) in [6.45, 7) is 0.0605. The van der Waals surface area contributed by atoms with Gasteiger partial charge >= 0.3 is 6.03 Å². The molecule has 158 valence electrons. The lowest BCUT2D eigenvalue weighted by atomic mass is 9.76. The van der Waals surface area contributed by atoms with E-state index >= 15 is 0 Å². The molecule has 1 fully saturated rings. The van der Waals surface area contributed by atoms with Gasteiger partial charge in [-0.3, -0.25) is 14.5 Å². The van der Waals surface area contributed by atoms with E-state index in [9.17, 15) is 14.4 Å². The number of hydrogen-bond donors (Lipinski definition) is 3. The molecule has 5 rings (SSSR count). The third-order valence-electron chi connectivity index (χ3n) is 6.07. The van der Waals surface area contributed by atoms with Crippen molar-refractivity contribution < 1.29 is 14.4 Å². The number of urea groups is 1. The Balaban J connectivity index is 1.22. The summed E-state index contributed by atoms with van der Waals surface area (Å²) in [6.07, 6.45) is 2.75. The van der Waals surface area contributed by atoms with E-state index in [0.717, 1.165) is 45.7 Å². The maximum Gasteiger partial charge on any atom is 0.325 e. The van der Waals surface area contributed by atoms with Gasteiger partial charge in [-0.05, 0) is 42.5 Å². The van der Waals surface area contributed by atoms with Gasteiger partial charge in [-0.15, -0.1) is 0 Å². The van der Waals surface area contributed by atoms with E-state index in [2.05, 4.69) is 20.6 Å². The summed E-state index contributed by atoms with van der Waals surface area (Å²) >= 11 is 0. The summed E-state index contributed by atoms with van der Waals surface area (Å²) in [6, 6.07) is 14.9. The van der Waals surface area contributed by atoms with Gasteiger partial charge in [0.05, 0.1) is 11.0 Å². The smallest absolute Gasteiger partial charge is 0.325 e. The van der Waals surface area contributed by atoms with Gasteiger partial charge in [0, 0.05) is 13.0 Å². The summed E-state index contributed by atoms with van der Waals surface area (Å²) in [4.78, 5) is 47.0. The summed E-state index contributed by atoms with van der Waals surface area (Å²) in [7, 11) is 0. The number of aromatic amines is 1. The molecule has 0 radical (unpaired) electrons. The fourth-order valence-corrected chi connectivity index (χ4v) is 4.60. The molecule has 2 aliphatic rings. The lowest BCUT2D eigenvalue weighted by Crippen LogP contribution is -2.47. The molecule has 1 atom stereocenters. The number of carbonyl (C=O) groups excluding carboxylic acids is 3. The predicted octanol–water partition coefficient (Wildman–Crippen LogP) is 2.01. The molecular weight excluding hydrogens is 394 g/mol. The summed E-state index contributed by atoms with van der Waals surface area (Å²) in [5.74, 6) is 0.0482. The van der Waals surface area contributed by atoms with Gasteiger partial charge in [0.25, 0.3) is 5.91 Å². The van der Waals surface area contributed by atoms with E-state index in [-0.39, 0.29) is 18.4 Å². The molecule has 1 aromatic heterocycles. The average molecular weight is 417 g/mol.